The molecule has 2 rings (SSSR count). The molecule has 0 bridgehead atoms. The summed E-state index contributed by atoms with van der Waals surface area (Å²) in [5.74, 6) is -0.554. The van der Waals surface area contributed by atoms with E-state index in [1.807, 2.05) is 27.7 Å². The third kappa shape index (κ3) is 2.32. The van der Waals surface area contributed by atoms with Crippen LogP contribution in [0.2, 0.25) is 0 Å². The molecule has 1 aromatic rings. The van der Waals surface area contributed by atoms with Crippen LogP contribution in [-0.2, 0) is 9.31 Å². The van der Waals surface area contributed by atoms with Crippen molar-refractivity contribution in [1.82, 2.24) is 4.98 Å². The normalized spacial score (nSPS) is 21.1. The van der Waals surface area contributed by atoms with Gasteiger partial charge in [-0.25, -0.2) is 8.78 Å². The molecule has 7 heteroatoms. The smallest absolute Gasteiger partial charge is 0.497 e. The molecule has 104 valence electrons. The maximum atomic E-state index is 13.0. The zero-order valence-electron chi connectivity index (χ0n) is 11.3. The van der Waals surface area contributed by atoms with Crippen LogP contribution < -0.4 is 5.46 Å². The van der Waals surface area contributed by atoms with Gasteiger partial charge in [-0.3, -0.25) is 4.98 Å². The molecule has 1 saturated heterocycles. The fourth-order valence-corrected chi connectivity index (χ4v) is 1.87. The molecule has 1 aliphatic rings. The standard InChI is InChI=1S/C12H16BF2NO3/c1-11(2)12(3,4)19-13(18-11)7-5-16-6-8(17)9(7)10(14)15/h5-6,10,17H,1-4H3. The Labute approximate surface area is 110 Å². The average Bonchev–Trinajstić information content (AvgIpc) is 2.47. The predicted octanol–water partition coefficient (Wildman–Crippen LogP) is 2.02. The number of rotatable bonds is 2. The van der Waals surface area contributed by atoms with E-state index in [4.69, 9.17) is 9.31 Å². The Morgan fingerprint density at radius 3 is 2.16 bits per heavy atom. The van der Waals surface area contributed by atoms with Crippen LogP contribution in [0.15, 0.2) is 12.4 Å². The highest BCUT2D eigenvalue weighted by atomic mass is 19.3. The number of pyridine rings is 1. The minimum Gasteiger partial charge on any atom is -0.506 e. The maximum Gasteiger partial charge on any atom is 0.497 e. The van der Waals surface area contributed by atoms with Crippen molar-refractivity contribution in [3.8, 4) is 5.75 Å². The van der Waals surface area contributed by atoms with E-state index < -0.39 is 36.1 Å². The molecule has 1 N–H and O–H groups in total. The van der Waals surface area contributed by atoms with Gasteiger partial charge in [0, 0.05) is 11.7 Å². The minimum absolute atomic E-state index is 0.0636. The molecule has 1 aromatic heterocycles. The summed E-state index contributed by atoms with van der Waals surface area (Å²) in [5.41, 5.74) is -1.70. The van der Waals surface area contributed by atoms with Crippen molar-refractivity contribution < 1.29 is 23.2 Å². The summed E-state index contributed by atoms with van der Waals surface area (Å²) in [6, 6.07) is 0. The molecular formula is C12H16BF2NO3. The van der Waals surface area contributed by atoms with Crippen LogP contribution in [0, 0.1) is 0 Å². The van der Waals surface area contributed by atoms with E-state index >= 15 is 0 Å². The van der Waals surface area contributed by atoms with Crippen LogP contribution in [0.25, 0.3) is 0 Å². The first-order chi connectivity index (χ1) is 8.66. The van der Waals surface area contributed by atoms with Crippen LogP contribution in [0.5, 0.6) is 5.75 Å². The molecule has 0 unspecified atom stereocenters. The van der Waals surface area contributed by atoms with Crippen molar-refractivity contribution in [3.63, 3.8) is 0 Å². The van der Waals surface area contributed by atoms with Gasteiger partial charge in [0.2, 0.25) is 0 Å². The fourth-order valence-electron chi connectivity index (χ4n) is 1.87. The molecule has 1 aliphatic heterocycles. The molecule has 0 atom stereocenters. The van der Waals surface area contributed by atoms with E-state index in [0.717, 1.165) is 6.20 Å². The van der Waals surface area contributed by atoms with Gasteiger partial charge in [-0.15, -0.1) is 0 Å². The van der Waals surface area contributed by atoms with Gasteiger partial charge < -0.3 is 14.4 Å². The summed E-state index contributed by atoms with van der Waals surface area (Å²) < 4.78 is 37.4. The number of hydrogen-bond donors (Lipinski definition) is 1. The predicted molar refractivity (Wildman–Crippen MR) is 66.6 cm³/mol. The molecular weight excluding hydrogens is 255 g/mol. The zero-order valence-corrected chi connectivity index (χ0v) is 11.3. The van der Waals surface area contributed by atoms with Crippen molar-refractivity contribution in [1.29, 1.82) is 0 Å². The summed E-state index contributed by atoms with van der Waals surface area (Å²) in [6.45, 7) is 7.30. The summed E-state index contributed by atoms with van der Waals surface area (Å²) in [4.78, 5) is 3.72. The van der Waals surface area contributed by atoms with Crippen LogP contribution in [-0.4, -0.2) is 28.4 Å². The van der Waals surface area contributed by atoms with Gasteiger partial charge in [-0.05, 0) is 27.7 Å². The number of halogens is 2. The number of alkyl halides is 2. The van der Waals surface area contributed by atoms with Gasteiger partial charge in [-0.2, -0.15) is 0 Å². The van der Waals surface area contributed by atoms with E-state index in [0.29, 0.717) is 0 Å². The number of aromatic hydroxyl groups is 1. The highest BCUT2D eigenvalue weighted by molar-refractivity contribution is 6.62. The molecule has 2 heterocycles. The van der Waals surface area contributed by atoms with Crippen molar-refractivity contribution in [3.05, 3.63) is 18.0 Å². The molecule has 19 heavy (non-hydrogen) atoms. The summed E-state index contributed by atoms with van der Waals surface area (Å²) in [7, 11) is -0.964. The Bertz CT molecular complexity index is 478. The summed E-state index contributed by atoms with van der Waals surface area (Å²) >= 11 is 0. The first kappa shape index (κ1) is 14.2. The number of hydrogen-bond acceptors (Lipinski definition) is 4. The summed E-state index contributed by atoms with van der Waals surface area (Å²) in [5, 5.41) is 9.53. The highest BCUT2D eigenvalue weighted by Crippen LogP contribution is 2.37. The third-order valence-corrected chi connectivity index (χ3v) is 3.72. The Hall–Kier alpha value is -1.21. The van der Waals surface area contributed by atoms with E-state index in [-0.39, 0.29) is 5.46 Å². The quantitative estimate of drug-likeness (QED) is 0.836. The van der Waals surface area contributed by atoms with Gasteiger partial charge in [0.25, 0.3) is 6.43 Å². The fraction of sp³-hybridized carbons (Fsp3) is 0.583. The summed E-state index contributed by atoms with van der Waals surface area (Å²) in [6.07, 6.45) is -0.600. The monoisotopic (exact) mass is 271 g/mol. The Balaban J connectivity index is 2.43. The van der Waals surface area contributed by atoms with Crippen LogP contribution in [0.4, 0.5) is 8.78 Å². The lowest BCUT2D eigenvalue weighted by atomic mass is 9.77. The molecule has 0 spiro atoms. The molecule has 0 radical (unpaired) electrons. The van der Waals surface area contributed by atoms with Crippen molar-refractivity contribution >= 4 is 12.6 Å². The van der Waals surface area contributed by atoms with Crippen LogP contribution >= 0.6 is 0 Å². The number of nitrogens with zero attached hydrogens (tertiary/aromatic N) is 1. The van der Waals surface area contributed by atoms with Crippen molar-refractivity contribution in [2.45, 2.75) is 45.3 Å². The lowest BCUT2D eigenvalue weighted by molar-refractivity contribution is 0.00578. The molecule has 1 fully saturated rings. The minimum atomic E-state index is -2.82. The lowest BCUT2D eigenvalue weighted by Crippen LogP contribution is -2.41. The molecule has 0 amide bonds. The SMILES string of the molecule is CC1(C)OB(c2cncc(O)c2C(F)F)OC1(C)C. The second-order valence-electron chi connectivity index (χ2n) is 5.55. The van der Waals surface area contributed by atoms with E-state index in [1.165, 1.54) is 6.20 Å². The molecule has 0 saturated carbocycles. The first-order valence-corrected chi connectivity index (χ1v) is 5.96. The van der Waals surface area contributed by atoms with E-state index in [1.54, 1.807) is 0 Å². The number of aromatic nitrogens is 1. The van der Waals surface area contributed by atoms with Gasteiger partial charge in [0.15, 0.2) is 0 Å². The third-order valence-electron chi connectivity index (χ3n) is 3.72. The van der Waals surface area contributed by atoms with Gasteiger partial charge in [0.1, 0.15) is 5.75 Å². The molecule has 0 aromatic carbocycles. The van der Waals surface area contributed by atoms with E-state index in [2.05, 4.69) is 4.98 Å². The van der Waals surface area contributed by atoms with Gasteiger partial charge in [-0.1, -0.05) is 0 Å². The average molecular weight is 271 g/mol. The van der Waals surface area contributed by atoms with Gasteiger partial charge in [0.05, 0.1) is 23.0 Å². The maximum absolute atomic E-state index is 13.0. The molecule has 0 aliphatic carbocycles. The molecule has 4 nitrogen and oxygen atoms in total. The topological polar surface area (TPSA) is 51.6 Å². The zero-order chi connectivity index (χ0) is 14.4. The van der Waals surface area contributed by atoms with Crippen LogP contribution in [0.1, 0.15) is 39.7 Å². The van der Waals surface area contributed by atoms with Gasteiger partial charge >= 0.3 is 7.12 Å². The first-order valence-electron chi connectivity index (χ1n) is 5.96. The highest BCUT2D eigenvalue weighted by Gasteiger charge is 2.52. The Morgan fingerprint density at radius 1 is 1.16 bits per heavy atom. The Kier molecular flexibility index (Phi) is 3.30. The second kappa shape index (κ2) is 4.42. The van der Waals surface area contributed by atoms with Crippen molar-refractivity contribution in [2.75, 3.05) is 0 Å². The van der Waals surface area contributed by atoms with Crippen molar-refractivity contribution in [2.24, 2.45) is 0 Å². The largest absolute Gasteiger partial charge is 0.506 e. The Morgan fingerprint density at radius 2 is 1.68 bits per heavy atom. The second-order valence-corrected chi connectivity index (χ2v) is 5.55. The lowest BCUT2D eigenvalue weighted by Gasteiger charge is -2.32. The van der Waals surface area contributed by atoms with E-state index in [9.17, 15) is 13.9 Å². The van der Waals surface area contributed by atoms with Crippen LogP contribution in [0.3, 0.4) is 0 Å².